The average Bonchev–Trinajstić information content (AvgIpc) is 2.44. The number of rotatable bonds is 4. The van der Waals surface area contributed by atoms with Crippen molar-refractivity contribution in [2.24, 2.45) is 0 Å². The van der Waals surface area contributed by atoms with Gasteiger partial charge in [0.05, 0.1) is 6.42 Å². The van der Waals surface area contributed by atoms with Crippen LogP contribution in [0, 0.1) is 13.8 Å². The van der Waals surface area contributed by atoms with Crippen molar-refractivity contribution in [2.75, 3.05) is 5.32 Å². The van der Waals surface area contributed by atoms with Crippen molar-refractivity contribution < 1.29 is 9.90 Å². The van der Waals surface area contributed by atoms with Gasteiger partial charge in [-0.2, -0.15) is 0 Å². The highest BCUT2D eigenvalue weighted by Crippen LogP contribution is 2.31. The summed E-state index contributed by atoms with van der Waals surface area (Å²) in [6.07, 6.45) is 0.345. The molecule has 0 saturated heterocycles. The van der Waals surface area contributed by atoms with Crippen molar-refractivity contribution in [1.29, 1.82) is 0 Å². The van der Waals surface area contributed by atoms with Gasteiger partial charge in [0.1, 0.15) is 5.75 Å². The van der Waals surface area contributed by atoms with Crippen LogP contribution in [0.4, 0.5) is 5.69 Å². The molecule has 2 aromatic rings. The lowest BCUT2D eigenvalue weighted by molar-refractivity contribution is -0.115. The summed E-state index contributed by atoms with van der Waals surface area (Å²) in [4.78, 5) is 12.2. The van der Waals surface area contributed by atoms with E-state index < -0.39 is 0 Å². The van der Waals surface area contributed by atoms with E-state index in [1.54, 1.807) is 6.07 Å². The lowest BCUT2D eigenvalue weighted by atomic mass is 9.99. The third kappa shape index (κ3) is 3.88. The molecule has 0 aromatic heterocycles. The molecule has 0 aliphatic carbocycles. The second-order valence-corrected chi connectivity index (χ2v) is 6.09. The molecule has 0 aliphatic heterocycles. The fraction of sp³-hybridized carbons (Fsp3) is 0.316. The zero-order valence-corrected chi connectivity index (χ0v) is 13.6. The minimum absolute atomic E-state index is 0.0488. The number of carbonyl (C=O) groups excluding carboxylic acids is 1. The number of anilines is 1. The van der Waals surface area contributed by atoms with Crippen LogP contribution in [0.25, 0.3) is 0 Å². The summed E-state index contributed by atoms with van der Waals surface area (Å²) in [6.45, 7) is 7.94. The van der Waals surface area contributed by atoms with Gasteiger partial charge in [-0.05, 0) is 48.6 Å². The van der Waals surface area contributed by atoms with E-state index in [0.29, 0.717) is 6.42 Å². The molecule has 1 amide bonds. The summed E-state index contributed by atoms with van der Waals surface area (Å²) in [5.41, 5.74) is 4.64. The van der Waals surface area contributed by atoms with Gasteiger partial charge in [0.2, 0.25) is 5.91 Å². The van der Waals surface area contributed by atoms with Crippen LogP contribution in [-0.4, -0.2) is 11.0 Å². The van der Waals surface area contributed by atoms with E-state index in [4.69, 9.17) is 0 Å². The topological polar surface area (TPSA) is 49.3 Å². The van der Waals surface area contributed by atoms with Crippen LogP contribution < -0.4 is 5.32 Å². The highest BCUT2D eigenvalue weighted by molar-refractivity contribution is 5.93. The van der Waals surface area contributed by atoms with Crippen LogP contribution in [0.5, 0.6) is 5.75 Å². The summed E-state index contributed by atoms with van der Waals surface area (Å²) in [7, 11) is 0. The third-order valence-corrected chi connectivity index (χ3v) is 3.76. The van der Waals surface area contributed by atoms with Crippen molar-refractivity contribution in [3.05, 3.63) is 58.7 Å². The first-order chi connectivity index (χ1) is 10.4. The molecule has 0 saturated carbocycles. The number of aryl methyl sites for hydroxylation is 2. The Morgan fingerprint density at radius 2 is 1.77 bits per heavy atom. The molecule has 0 unspecified atom stereocenters. The van der Waals surface area contributed by atoms with Crippen molar-refractivity contribution in [3.63, 3.8) is 0 Å². The van der Waals surface area contributed by atoms with Crippen LogP contribution in [0.15, 0.2) is 36.4 Å². The molecular weight excluding hydrogens is 274 g/mol. The third-order valence-electron chi connectivity index (χ3n) is 3.76. The minimum atomic E-state index is -0.0488. The fourth-order valence-corrected chi connectivity index (χ4v) is 2.39. The van der Waals surface area contributed by atoms with Crippen molar-refractivity contribution in [3.8, 4) is 5.75 Å². The maximum absolute atomic E-state index is 12.2. The molecule has 0 heterocycles. The molecular formula is C19H23NO2. The predicted molar refractivity (Wildman–Crippen MR) is 90.4 cm³/mol. The Bertz CT molecular complexity index is 673. The number of benzene rings is 2. The first kappa shape index (κ1) is 16.1. The molecule has 116 valence electrons. The predicted octanol–water partition coefficient (Wildman–Crippen LogP) is 4.31. The first-order valence-corrected chi connectivity index (χ1v) is 7.55. The molecule has 3 nitrogen and oxygen atoms in total. The van der Waals surface area contributed by atoms with Gasteiger partial charge in [-0.25, -0.2) is 0 Å². The van der Waals surface area contributed by atoms with Crippen LogP contribution >= 0.6 is 0 Å². The molecule has 0 spiro atoms. The van der Waals surface area contributed by atoms with E-state index in [1.165, 1.54) is 5.56 Å². The van der Waals surface area contributed by atoms with E-state index in [9.17, 15) is 9.90 Å². The SMILES string of the molecule is Cc1ccc(CC(=O)Nc2cc(C(C)C)c(O)cc2C)cc1. The van der Waals surface area contributed by atoms with Gasteiger partial charge in [0.15, 0.2) is 0 Å². The van der Waals surface area contributed by atoms with Crippen molar-refractivity contribution >= 4 is 11.6 Å². The summed E-state index contributed by atoms with van der Waals surface area (Å²) >= 11 is 0. The van der Waals surface area contributed by atoms with Gasteiger partial charge in [-0.3, -0.25) is 4.79 Å². The van der Waals surface area contributed by atoms with Gasteiger partial charge in [0, 0.05) is 5.69 Å². The Morgan fingerprint density at radius 3 is 2.36 bits per heavy atom. The summed E-state index contributed by atoms with van der Waals surface area (Å²) in [5, 5.41) is 12.9. The number of aromatic hydroxyl groups is 1. The van der Waals surface area contributed by atoms with E-state index in [-0.39, 0.29) is 17.6 Å². The molecule has 0 fully saturated rings. The van der Waals surface area contributed by atoms with Crippen LogP contribution in [0.2, 0.25) is 0 Å². The molecule has 22 heavy (non-hydrogen) atoms. The zero-order chi connectivity index (χ0) is 16.3. The van der Waals surface area contributed by atoms with Crippen LogP contribution in [0.1, 0.15) is 42.0 Å². The van der Waals surface area contributed by atoms with E-state index in [0.717, 1.165) is 22.4 Å². The minimum Gasteiger partial charge on any atom is -0.508 e. The Labute approximate surface area is 132 Å². The molecule has 0 atom stereocenters. The molecule has 0 aliphatic rings. The number of phenolic OH excluding ortho intramolecular Hbond substituents is 1. The Hall–Kier alpha value is -2.29. The van der Waals surface area contributed by atoms with Gasteiger partial charge in [-0.15, -0.1) is 0 Å². The number of hydrogen-bond donors (Lipinski definition) is 2. The van der Waals surface area contributed by atoms with E-state index in [2.05, 4.69) is 5.32 Å². The largest absolute Gasteiger partial charge is 0.508 e. The highest BCUT2D eigenvalue weighted by Gasteiger charge is 2.12. The number of amides is 1. The maximum atomic E-state index is 12.2. The summed E-state index contributed by atoms with van der Waals surface area (Å²) in [6, 6.07) is 11.5. The maximum Gasteiger partial charge on any atom is 0.228 e. The van der Waals surface area contributed by atoms with E-state index >= 15 is 0 Å². The second-order valence-electron chi connectivity index (χ2n) is 6.09. The molecule has 2 rings (SSSR count). The van der Waals surface area contributed by atoms with Crippen LogP contribution in [0.3, 0.4) is 0 Å². The van der Waals surface area contributed by atoms with Gasteiger partial charge >= 0.3 is 0 Å². The smallest absolute Gasteiger partial charge is 0.228 e. The molecule has 2 aromatic carbocycles. The molecule has 0 radical (unpaired) electrons. The molecule has 2 N–H and O–H groups in total. The Morgan fingerprint density at radius 1 is 1.14 bits per heavy atom. The van der Waals surface area contributed by atoms with Crippen LogP contribution in [-0.2, 0) is 11.2 Å². The van der Waals surface area contributed by atoms with E-state index in [1.807, 2.05) is 58.0 Å². The fourth-order valence-electron chi connectivity index (χ4n) is 2.39. The number of carbonyl (C=O) groups is 1. The monoisotopic (exact) mass is 297 g/mol. The van der Waals surface area contributed by atoms with Gasteiger partial charge in [0.25, 0.3) is 0 Å². The lowest BCUT2D eigenvalue weighted by Gasteiger charge is -2.14. The Balaban J connectivity index is 2.14. The van der Waals surface area contributed by atoms with Gasteiger partial charge < -0.3 is 10.4 Å². The molecule has 0 bridgehead atoms. The van der Waals surface area contributed by atoms with Crippen molar-refractivity contribution in [2.45, 2.75) is 40.0 Å². The molecule has 3 heteroatoms. The normalized spacial score (nSPS) is 10.8. The quantitative estimate of drug-likeness (QED) is 0.826. The van der Waals surface area contributed by atoms with Gasteiger partial charge in [-0.1, -0.05) is 43.7 Å². The van der Waals surface area contributed by atoms with Crippen molar-refractivity contribution in [1.82, 2.24) is 0 Å². The Kier molecular flexibility index (Phi) is 4.86. The number of nitrogens with one attached hydrogen (secondary N) is 1. The number of hydrogen-bond acceptors (Lipinski definition) is 2. The highest BCUT2D eigenvalue weighted by atomic mass is 16.3. The average molecular weight is 297 g/mol. The summed E-state index contributed by atoms with van der Waals surface area (Å²) < 4.78 is 0. The first-order valence-electron chi connectivity index (χ1n) is 7.55. The lowest BCUT2D eigenvalue weighted by Crippen LogP contribution is -2.15. The zero-order valence-electron chi connectivity index (χ0n) is 13.6. The summed E-state index contributed by atoms with van der Waals surface area (Å²) in [5.74, 6) is 0.435. The number of phenols is 1. The second kappa shape index (κ2) is 6.65. The standard InChI is InChI=1S/C19H23NO2/c1-12(2)16-11-17(14(4)9-18(16)21)20-19(22)10-15-7-5-13(3)6-8-15/h5-9,11-12,21H,10H2,1-4H3,(H,20,22).